The summed E-state index contributed by atoms with van der Waals surface area (Å²) >= 11 is 0. The number of hydrogen-bond donors (Lipinski definition) is 3. The van der Waals surface area contributed by atoms with Crippen molar-refractivity contribution >= 4 is 11.9 Å². The Balaban J connectivity index is 3.61. The second-order valence-electron chi connectivity index (χ2n) is 13.6. The van der Waals surface area contributed by atoms with Crippen LogP contribution in [0.1, 0.15) is 187 Å². The summed E-state index contributed by atoms with van der Waals surface area (Å²) in [5.74, 6) is -0.191. The largest absolute Gasteiger partial charge is 0.466 e. The van der Waals surface area contributed by atoms with Gasteiger partial charge in [-0.3, -0.25) is 9.59 Å². The molecule has 0 aliphatic carbocycles. The van der Waals surface area contributed by atoms with E-state index < -0.39 is 12.1 Å². The van der Waals surface area contributed by atoms with E-state index in [-0.39, 0.29) is 18.5 Å². The van der Waals surface area contributed by atoms with E-state index in [1.54, 1.807) is 6.08 Å². The van der Waals surface area contributed by atoms with Crippen molar-refractivity contribution in [3.63, 3.8) is 0 Å². The van der Waals surface area contributed by atoms with Crippen LogP contribution in [0.2, 0.25) is 0 Å². The maximum atomic E-state index is 12.3. The molecule has 0 aliphatic heterocycles. The SMILES string of the molecule is CCCC/C=C\C/C=C\CCCCCCCC(=O)OCCCCCC/C=C\CCCC(=O)NC(CO)C(O)/C=C/CCCCCCCCC. The van der Waals surface area contributed by atoms with Crippen LogP contribution >= 0.6 is 0 Å². The summed E-state index contributed by atoms with van der Waals surface area (Å²) in [4.78, 5) is 24.2. The number of unbranched alkanes of at least 4 members (excludes halogenated alkanes) is 19. The van der Waals surface area contributed by atoms with Crippen LogP contribution in [-0.4, -0.2) is 47.4 Å². The first-order valence-corrected chi connectivity index (χ1v) is 20.4. The molecule has 0 spiro atoms. The normalized spacial score (nSPS) is 13.3. The van der Waals surface area contributed by atoms with E-state index in [9.17, 15) is 19.8 Å². The van der Waals surface area contributed by atoms with Gasteiger partial charge in [-0.05, 0) is 77.0 Å². The van der Waals surface area contributed by atoms with E-state index in [0.29, 0.717) is 19.4 Å². The molecule has 0 aliphatic rings. The minimum absolute atomic E-state index is 0.0551. The van der Waals surface area contributed by atoms with Gasteiger partial charge in [0.25, 0.3) is 0 Å². The summed E-state index contributed by atoms with van der Waals surface area (Å²) in [6.45, 7) is 4.70. The van der Waals surface area contributed by atoms with Crippen molar-refractivity contribution in [3.8, 4) is 0 Å². The summed E-state index contributed by atoms with van der Waals surface area (Å²) in [5.41, 5.74) is 0. The molecule has 2 atom stereocenters. The molecule has 0 heterocycles. The average Bonchev–Trinajstić information content (AvgIpc) is 3.10. The third-order valence-corrected chi connectivity index (χ3v) is 8.81. The highest BCUT2D eigenvalue weighted by molar-refractivity contribution is 5.76. The second kappa shape index (κ2) is 38.6. The van der Waals surface area contributed by atoms with Crippen LogP contribution in [0.15, 0.2) is 48.6 Å². The highest BCUT2D eigenvalue weighted by Gasteiger charge is 2.17. The molecule has 0 aromatic rings. The van der Waals surface area contributed by atoms with Crippen LogP contribution in [0.4, 0.5) is 0 Å². The number of carbonyl (C=O) groups is 2. The minimum atomic E-state index is -0.874. The van der Waals surface area contributed by atoms with E-state index in [2.05, 4.69) is 55.6 Å². The lowest BCUT2D eigenvalue weighted by molar-refractivity contribution is -0.143. The maximum absolute atomic E-state index is 12.3. The third kappa shape index (κ3) is 35.4. The fourth-order valence-electron chi connectivity index (χ4n) is 5.59. The van der Waals surface area contributed by atoms with Gasteiger partial charge in [-0.2, -0.15) is 0 Å². The molecule has 49 heavy (non-hydrogen) atoms. The van der Waals surface area contributed by atoms with Crippen LogP contribution in [0, 0.1) is 0 Å². The number of nitrogens with one attached hydrogen (secondary N) is 1. The van der Waals surface area contributed by atoms with Gasteiger partial charge in [-0.1, -0.05) is 146 Å². The highest BCUT2D eigenvalue weighted by Crippen LogP contribution is 2.11. The van der Waals surface area contributed by atoms with Gasteiger partial charge in [-0.25, -0.2) is 0 Å². The Kier molecular flexibility index (Phi) is 36.9. The molecule has 0 radical (unpaired) electrons. The fourth-order valence-corrected chi connectivity index (χ4v) is 5.59. The lowest BCUT2D eigenvalue weighted by Gasteiger charge is -2.19. The molecule has 0 aromatic carbocycles. The van der Waals surface area contributed by atoms with Crippen molar-refractivity contribution in [3.05, 3.63) is 48.6 Å². The van der Waals surface area contributed by atoms with Crippen molar-refractivity contribution in [2.24, 2.45) is 0 Å². The van der Waals surface area contributed by atoms with Crippen LogP contribution in [0.5, 0.6) is 0 Å². The summed E-state index contributed by atoms with van der Waals surface area (Å²) < 4.78 is 5.40. The molecule has 0 aromatic heterocycles. The van der Waals surface area contributed by atoms with E-state index in [1.165, 1.54) is 77.0 Å². The summed E-state index contributed by atoms with van der Waals surface area (Å²) in [6.07, 6.45) is 45.3. The monoisotopic (exact) mass is 688 g/mol. The Morgan fingerprint density at radius 1 is 0.571 bits per heavy atom. The van der Waals surface area contributed by atoms with E-state index in [4.69, 9.17) is 4.74 Å². The first kappa shape index (κ1) is 46.8. The molecule has 0 bridgehead atoms. The molecule has 6 nitrogen and oxygen atoms in total. The zero-order valence-electron chi connectivity index (χ0n) is 31.9. The molecule has 1 amide bonds. The zero-order chi connectivity index (χ0) is 35.9. The highest BCUT2D eigenvalue weighted by atomic mass is 16.5. The number of aliphatic hydroxyl groups is 2. The van der Waals surface area contributed by atoms with Gasteiger partial charge in [0.05, 0.1) is 25.4 Å². The number of amides is 1. The Bertz CT molecular complexity index is 849. The second-order valence-corrected chi connectivity index (χ2v) is 13.6. The molecular weight excluding hydrogens is 610 g/mol. The molecule has 2 unspecified atom stereocenters. The molecular formula is C43H77NO5. The van der Waals surface area contributed by atoms with Gasteiger partial charge in [0.2, 0.25) is 5.91 Å². The predicted octanol–water partition coefficient (Wildman–Crippen LogP) is 11.2. The van der Waals surface area contributed by atoms with Gasteiger partial charge in [0.1, 0.15) is 0 Å². The maximum Gasteiger partial charge on any atom is 0.305 e. The number of aliphatic hydroxyl groups excluding tert-OH is 2. The summed E-state index contributed by atoms with van der Waals surface area (Å²) in [7, 11) is 0. The molecule has 0 fully saturated rings. The predicted molar refractivity (Wildman–Crippen MR) is 209 cm³/mol. The van der Waals surface area contributed by atoms with E-state index in [1.807, 2.05) is 6.08 Å². The van der Waals surface area contributed by atoms with Crippen molar-refractivity contribution in [1.82, 2.24) is 5.32 Å². The molecule has 0 saturated carbocycles. The number of hydrogen-bond acceptors (Lipinski definition) is 5. The molecule has 3 N–H and O–H groups in total. The Morgan fingerprint density at radius 2 is 1.06 bits per heavy atom. The summed E-state index contributed by atoms with van der Waals surface area (Å²) in [5, 5.41) is 22.7. The number of rotatable bonds is 36. The lowest BCUT2D eigenvalue weighted by Crippen LogP contribution is -2.45. The van der Waals surface area contributed by atoms with Gasteiger partial charge in [-0.15, -0.1) is 0 Å². The molecule has 6 heteroatoms. The van der Waals surface area contributed by atoms with Gasteiger partial charge in [0, 0.05) is 12.8 Å². The molecule has 0 rings (SSSR count). The van der Waals surface area contributed by atoms with Crippen LogP contribution in [-0.2, 0) is 14.3 Å². The minimum Gasteiger partial charge on any atom is -0.466 e. The topological polar surface area (TPSA) is 95.9 Å². The van der Waals surface area contributed by atoms with Gasteiger partial charge >= 0.3 is 5.97 Å². The third-order valence-electron chi connectivity index (χ3n) is 8.81. The van der Waals surface area contributed by atoms with Crippen LogP contribution in [0.25, 0.3) is 0 Å². The molecule has 284 valence electrons. The number of carbonyl (C=O) groups excluding carboxylic acids is 2. The Hall–Kier alpha value is -2.18. The quantitative estimate of drug-likeness (QED) is 0.0346. The zero-order valence-corrected chi connectivity index (χ0v) is 31.9. The summed E-state index contributed by atoms with van der Waals surface area (Å²) in [6, 6.07) is -0.664. The van der Waals surface area contributed by atoms with Gasteiger partial charge < -0.3 is 20.3 Å². The number of esters is 1. The Labute approximate surface area is 302 Å². The first-order valence-electron chi connectivity index (χ1n) is 20.4. The standard InChI is InChI=1S/C43H77NO5/c1-3-5-7-9-11-13-14-15-16-17-21-25-29-33-37-43(48)49-38-34-30-26-22-18-20-24-28-32-36-42(47)44-40(39-45)41(46)35-31-27-23-19-12-10-8-6-4-2/h9,11,14-15,20,24,31,35,40-41,45-46H,3-8,10,12-13,16-19,21-23,25-30,32-34,36-39H2,1-2H3,(H,44,47)/b11-9-,15-14-,24-20-,35-31+. The first-order chi connectivity index (χ1) is 24.0. The van der Waals surface area contributed by atoms with Crippen molar-refractivity contribution < 1.29 is 24.5 Å². The van der Waals surface area contributed by atoms with Crippen LogP contribution < -0.4 is 5.32 Å². The number of allylic oxidation sites excluding steroid dienone is 7. The van der Waals surface area contributed by atoms with E-state index in [0.717, 1.165) is 83.5 Å². The van der Waals surface area contributed by atoms with Crippen molar-refractivity contribution in [1.29, 1.82) is 0 Å². The lowest BCUT2D eigenvalue weighted by atomic mass is 10.1. The van der Waals surface area contributed by atoms with Crippen molar-refractivity contribution in [2.75, 3.05) is 13.2 Å². The van der Waals surface area contributed by atoms with Crippen molar-refractivity contribution in [2.45, 2.75) is 199 Å². The molecule has 0 saturated heterocycles. The Morgan fingerprint density at radius 3 is 1.67 bits per heavy atom. The fraction of sp³-hybridized carbons (Fsp3) is 0.767. The van der Waals surface area contributed by atoms with E-state index >= 15 is 0 Å². The smallest absolute Gasteiger partial charge is 0.305 e. The van der Waals surface area contributed by atoms with Gasteiger partial charge in [0.15, 0.2) is 0 Å². The average molecular weight is 688 g/mol. The van der Waals surface area contributed by atoms with Crippen LogP contribution in [0.3, 0.4) is 0 Å². The number of ether oxygens (including phenoxy) is 1.